The molecular formula is C20H25NO4. The zero-order valence-corrected chi connectivity index (χ0v) is 15.0. The molecule has 1 amide bonds. The summed E-state index contributed by atoms with van der Waals surface area (Å²) in [5.74, 6) is 1.77. The number of benzene rings is 2. The molecule has 134 valence electrons. The van der Waals surface area contributed by atoms with Gasteiger partial charge < -0.3 is 19.5 Å². The molecule has 2 aromatic rings. The van der Waals surface area contributed by atoms with Gasteiger partial charge in [0.25, 0.3) is 5.91 Å². The Morgan fingerprint density at radius 3 is 2.32 bits per heavy atom. The number of ether oxygens (including phenoxy) is 3. The van der Waals surface area contributed by atoms with E-state index in [0.717, 1.165) is 25.0 Å². The predicted molar refractivity (Wildman–Crippen MR) is 99.0 cm³/mol. The molecule has 0 aliphatic heterocycles. The van der Waals surface area contributed by atoms with Crippen molar-refractivity contribution in [3.05, 3.63) is 48.0 Å². The number of hydrogen-bond donors (Lipinski definition) is 1. The number of carbonyl (C=O) groups excluding carboxylic acids is 1. The number of rotatable bonds is 9. The van der Waals surface area contributed by atoms with Crippen LogP contribution in [0.3, 0.4) is 0 Å². The Morgan fingerprint density at radius 1 is 0.960 bits per heavy atom. The third-order valence-corrected chi connectivity index (χ3v) is 3.79. The molecule has 2 rings (SSSR count). The Kier molecular flexibility index (Phi) is 7.14. The van der Waals surface area contributed by atoms with Crippen molar-refractivity contribution in [2.75, 3.05) is 26.1 Å². The fourth-order valence-corrected chi connectivity index (χ4v) is 2.35. The van der Waals surface area contributed by atoms with E-state index in [4.69, 9.17) is 14.2 Å². The van der Waals surface area contributed by atoms with Gasteiger partial charge in [-0.3, -0.25) is 4.79 Å². The van der Waals surface area contributed by atoms with Crippen LogP contribution >= 0.6 is 0 Å². The maximum absolute atomic E-state index is 12.4. The van der Waals surface area contributed by atoms with Crippen LogP contribution in [0.15, 0.2) is 42.5 Å². The van der Waals surface area contributed by atoms with Crippen LogP contribution in [-0.4, -0.2) is 26.7 Å². The second-order valence-corrected chi connectivity index (χ2v) is 5.60. The summed E-state index contributed by atoms with van der Waals surface area (Å²) in [7, 11) is 3.13. The molecule has 5 nitrogen and oxygen atoms in total. The Balaban J connectivity index is 2.01. The second kappa shape index (κ2) is 9.57. The lowest BCUT2D eigenvalue weighted by Gasteiger charge is -2.12. The molecule has 0 spiro atoms. The minimum Gasteiger partial charge on any atom is -0.497 e. The van der Waals surface area contributed by atoms with Gasteiger partial charge in [-0.05, 0) is 42.8 Å². The fraction of sp³-hybridized carbons (Fsp3) is 0.350. The summed E-state index contributed by atoms with van der Waals surface area (Å²) in [6.45, 7) is 2.85. The van der Waals surface area contributed by atoms with Crippen molar-refractivity contribution in [3.8, 4) is 17.2 Å². The van der Waals surface area contributed by atoms with Gasteiger partial charge in [-0.25, -0.2) is 0 Å². The summed E-state index contributed by atoms with van der Waals surface area (Å²) in [6, 6.07) is 12.4. The molecule has 0 aliphatic carbocycles. The minimum absolute atomic E-state index is 0.218. The highest BCUT2D eigenvalue weighted by Gasteiger charge is 2.11. The van der Waals surface area contributed by atoms with Crippen LogP contribution in [0.25, 0.3) is 0 Å². The van der Waals surface area contributed by atoms with Crippen molar-refractivity contribution in [1.29, 1.82) is 0 Å². The molecule has 0 fully saturated rings. The molecule has 0 radical (unpaired) electrons. The van der Waals surface area contributed by atoms with Gasteiger partial charge in [-0.1, -0.05) is 19.8 Å². The maximum Gasteiger partial charge on any atom is 0.255 e. The number of anilines is 1. The Bertz CT molecular complexity index is 683. The molecule has 25 heavy (non-hydrogen) atoms. The number of carbonyl (C=O) groups is 1. The first kappa shape index (κ1) is 18.6. The summed E-state index contributed by atoms with van der Waals surface area (Å²) in [4.78, 5) is 12.4. The standard InChI is InChI=1S/C20H25NO4/c1-4-5-6-13-25-16-9-7-15(8-10-16)20(22)21-18-14-17(23-2)11-12-19(18)24-3/h7-12,14H,4-6,13H2,1-3H3,(H,21,22). The van der Waals surface area contributed by atoms with Gasteiger partial charge in [0.2, 0.25) is 0 Å². The third kappa shape index (κ3) is 5.41. The Morgan fingerprint density at radius 2 is 1.68 bits per heavy atom. The minimum atomic E-state index is -0.218. The maximum atomic E-state index is 12.4. The molecule has 0 aromatic heterocycles. The van der Waals surface area contributed by atoms with Crippen LogP contribution in [-0.2, 0) is 0 Å². The summed E-state index contributed by atoms with van der Waals surface area (Å²) in [5, 5.41) is 2.85. The number of unbranched alkanes of at least 4 members (excludes halogenated alkanes) is 2. The van der Waals surface area contributed by atoms with E-state index in [1.165, 1.54) is 0 Å². The normalized spacial score (nSPS) is 10.2. The number of nitrogens with one attached hydrogen (secondary N) is 1. The second-order valence-electron chi connectivity index (χ2n) is 5.60. The molecule has 2 aromatic carbocycles. The topological polar surface area (TPSA) is 56.8 Å². The summed E-state index contributed by atoms with van der Waals surface area (Å²) >= 11 is 0. The van der Waals surface area contributed by atoms with E-state index in [1.54, 1.807) is 44.6 Å². The lowest BCUT2D eigenvalue weighted by molar-refractivity contribution is 0.102. The first-order valence-electron chi connectivity index (χ1n) is 8.44. The molecule has 0 saturated heterocycles. The van der Waals surface area contributed by atoms with Crippen molar-refractivity contribution in [2.24, 2.45) is 0 Å². The van der Waals surface area contributed by atoms with Gasteiger partial charge >= 0.3 is 0 Å². The molecule has 0 saturated carbocycles. The van der Waals surface area contributed by atoms with Crippen molar-refractivity contribution in [1.82, 2.24) is 0 Å². The van der Waals surface area contributed by atoms with E-state index in [0.29, 0.717) is 29.4 Å². The molecule has 0 bridgehead atoms. The van der Waals surface area contributed by atoms with E-state index in [9.17, 15) is 4.79 Å². The fourth-order valence-electron chi connectivity index (χ4n) is 2.35. The van der Waals surface area contributed by atoms with Crippen molar-refractivity contribution < 1.29 is 19.0 Å². The lowest BCUT2D eigenvalue weighted by atomic mass is 10.2. The van der Waals surface area contributed by atoms with Crippen LogP contribution in [0.1, 0.15) is 36.5 Å². The van der Waals surface area contributed by atoms with Crippen LogP contribution in [0.2, 0.25) is 0 Å². The highest BCUT2D eigenvalue weighted by Crippen LogP contribution is 2.29. The lowest BCUT2D eigenvalue weighted by Crippen LogP contribution is -2.12. The van der Waals surface area contributed by atoms with E-state index >= 15 is 0 Å². The van der Waals surface area contributed by atoms with Crippen LogP contribution in [0.5, 0.6) is 17.2 Å². The molecule has 0 heterocycles. The van der Waals surface area contributed by atoms with Gasteiger partial charge in [0.15, 0.2) is 0 Å². The van der Waals surface area contributed by atoms with Gasteiger partial charge in [-0.15, -0.1) is 0 Å². The zero-order valence-electron chi connectivity index (χ0n) is 15.0. The van der Waals surface area contributed by atoms with Crippen molar-refractivity contribution in [3.63, 3.8) is 0 Å². The molecule has 0 aliphatic rings. The molecule has 0 atom stereocenters. The third-order valence-electron chi connectivity index (χ3n) is 3.79. The van der Waals surface area contributed by atoms with Gasteiger partial charge in [0.05, 0.1) is 26.5 Å². The Labute approximate surface area is 148 Å². The van der Waals surface area contributed by atoms with Gasteiger partial charge in [0, 0.05) is 11.6 Å². The van der Waals surface area contributed by atoms with Crippen molar-refractivity contribution in [2.45, 2.75) is 26.2 Å². The van der Waals surface area contributed by atoms with Gasteiger partial charge in [-0.2, -0.15) is 0 Å². The summed E-state index contributed by atoms with van der Waals surface area (Å²) in [5.41, 5.74) is 1.11. The monoisotopic (exact) mass is 343 g/mol. The van der Waals surface area contributed by atoms with E-state index in [2.05, 4.69) is 12.2 Å². The van der Waals surface area contributed by atoms with E-state index in [-0.39, 0.29) is 5.91 Å². The van der Waals surface area contributed by atoms with E-state index in [1.807, 2.05) is 12.1 Å². The first-order valence-corrected chi connectivity index (χ1v) is 8.44. The molecule has 5 heteroatoms. The summed E-state index contributed by atoms with van der Waals surface area (Å²) < 4.78 is 16.1. The summed E-state index contributed by atoms with van der Waals surface area (Å²) in [6.07, 6.45) is 3.35. The molecule has 1 N–H and O–H groups in total. The largest absolute Gasteiger partial charge is 0.497 e. The molecular weight excluding hydrogens is 318 g/mol. The number of methoxy groups -OCH3 is 2. The quantitative estimate of drug-likeness (QED) is 0.680. The first-order chi connectivity index (χ1) is 12.2. The van der Waals surface area contributed by atoms with Crippen LogP contribution < -0.4 is 19.5 Å². The van der Waals surface area contributed by atoms with Crippen LogP contribution in [0.4, 0.5) is 5.69 Å². The average Bonchev–Trinajstić information content (AvgIpc) is 2.65. The number of hydrogen-bond acceptors (Lipinski definition) is 4. The SMILES string of the molecule is CCCCCOc1ccc(C(=O)Nc2cc(OC)ccc2OC)cc1. The predicted octanol–water partition coefficient (Wildman–Crippen LogP) is 4.53. The smallest absolute Gasteiger partial charge is 0.255 e. The average molecular weight is 343 g/mol. The highest BCUT2D eigenvalue weighted by atomic mass is 16.5. The van der Waals surface area contributed by atoms with Crippen molar-refractivity contribution >= 4 is 11.6 Å². The van der Waals surface area contributed by atoms with Crippen LogP contribution in [0, 0.1) is 0 Å². The highest BCUT2D eigenvalue weighted by molar-refractivity contribution is 6.05. The van der Waals surface area contributed by atoms with E-state index < -0.39 is 0 Å². The Hall–Kier alpha value is -2.69. The van der Waals surface area contributed by atoms with Gasteiger partial charge in [0.1, 0.15) is 17.2 Å². The molecule has 0 unspecified atom stereocenters. The zero-order chi connectivity index (χ0) is 18.1. The number of amides is 1.